The van der Waals surface area contributed by atoms with E-state index < -0.39 is 0 Å². The van der Waals surface area contributed by atoms with E-state index in [0.29, 0.717) is 11.3 Å². The first-order valence-electron chi connectivity index (χ1n) is 8.96. The standard InChI is InChI=1S/C19H22N4O2S/c1-14-10-20-22(11-14)12-15-6-8-21(9-7-15)18(24)13-23-19(25)16-4-2-3-5-17(16)26-23/h2-5,10-11,15H,6-9,12-13H2,1H3. The first kappa shape index (κ1) is 17.0. The highest BCUT2D eigenvalue weighted by atomic mass is 32.1. The SMILES string of the molecule is Cc1cnn(CC2CCN(C(=O)Cn3sc4ccccc4c3=O)CC2)c1. The number of carbonyl (C=O) groups is 1. The molecular formula is C19H22N4O2S. The van der Waals surface area contributed by atoms with E-state index in [1.807, 2.05) is 47.0 Å². The molecule has 1 aromatic carbocycles. The lowest BCUT2D eigenvalue weighted by atomic mass is 9.97. The molecule has 0 N–H and O–H groups in total. The molecule has 0 unspecified atom stereocenters. The number of aromatic nitrogens is 3. The van der Waals surface area contributed by atoms with E-state index in [4.69, 9.17) is 0 Å². The van der Waals surface area contributed by atoms with Crippen LogP contribution >= 0.6 is 11.5 Å². The Morgan fingerprint density at radius 2 is 2.04 bits per heavy atom. The van der Waals surface area contributed by atoms with Crippen LogP contribution in [0.1, 0.15) is 18.4 Å². The number of benzene rings is 1. The molecule has 3 aromatic rings. The molecule has 1 aliphatic rings. The molecule has 4 rings (SSSR count). The van der Waals surface area contributed by atoms with E-state index in [0.717, 1.165) is 37.2 Å². The van der Waals surface area contributed by atoms with E-state index in [1.54, 1.807) is 3.96 Å². The Bertz CT molecular complexity index is 979. The smallest absolute Gasteiger partial charge is 0.268 e. The molecule has 0 radical (unpaired) electrons. The van der Waals surface area contributed by atoms with E-state index in [9.17, 15) is 9.59 Å². The van der Waals surface area contributed by atoms with Crippen molar-refractivity contribution in [3.05, 3.63) is 52.6 Å². The Morgan fingerprint density at radius 1 is 1.27 bits per heavy atom. The molecule has 3 heterocycles. The average Bonchev–Trinajstić information content (AvgIpc) is 3.19. The van der Waals surface area contributed by atoms with Gasteiger partial charge in [-0.3, -0.25) is 18.2 Å². The zero-order valence-corrected chi connectivity index (χ0v) is 15.6. The summed E-state index contributed by atoms with van der Waals surface area (Å²) in [5.74, 6) is 0.581. The van der Waals surface area contributed by atoms with Crippen molar-refractivity contribution in [2.45, 2.75) is 32.9 Å². The van der Waals surface area contributed by atoms with Gasteiger partial charge in [0.05, 0.1) is 16.3 Å². The van der Waals surface area contributed by atoms with Gasteiger partial charge in [0.1, 0.15) is 6.54 Å². The van der Waals surface area contributed by atoms with Crippen molar-refractivity contribution in [1.29, 1.82) is 0 Å². The van der Waals surface area contributed by atoms with E-state index >= 15 is 0 Å². The number of amides is 1. The normalized spacial score (nSPS) is 15.7. The van der Waals surface area contributed by atoms with Crippen LogP contribution in [0.5, 0.6) is 0 Å². The van der Waals surface area contributed by atoms with Crippen molar-refractivity contribution >= 4 is 27.5 Å². The number of aryl methyl sites for hydroxylation is 1. The molecule has 0 saturated carbocycles. The van der Waals surface area contributed by atoms with Crippen LogP contribution in [0.25, 0.3) is 10.1 Å². The van der Waals surface area contributed by atoms with Crippen LogP contribution in [-0.2, 0) is 17.9 Å². The monoisotopic (exact) mass is 370 g/mol. The minimum Gasteiger partial charge on any atom is -0.341 e. The van der Waals surface area contributed by atoms with E-state index in [2.05, 4.69) is 11.3 Å². The second kappa shape index (κ2) is 7.07. The summed E-state index contributed by atoms with van der Waals surface area (Å²) in [4.78, 5) is 26.9. The van der Waals surface area contributed by atoms with Gasteiger partial charge in [-0.25, -0.2) is 0 Å². The zero-order chi connectivity index (χ0) is 18.1. The second-order valence-electron chi connectivity index (χ2n) is 6.99. The molecule has 1 saturated heterocycles. The molecule has 0 atom stereocenters. The van der Waals surface area contributed by atoms with Crippen molar-refractivity contribution in [2.24, 2.45) is 5.92 Å². The Kier molecular flexibility index (Phi) is 4.63. The summed E-state index contributed by atoms with van der Waals surface area (Å²) >= 11 is 1.37. The summed E-state index contributed by atoms with van der Waals surface area (Å²) in [6.07, 6.45) is 5.89. The van der Waals surface area contributed by atoms with Crippen LogP contribution in [0, 0.1) is 12.8 Å². The minimum absolute atomic E-state index is 0.0343. The van der Waals surface area contributed by atoms with Crippen molar-refractivity contribution in [1.82, 2.24) is 18.6 Å². The predicted molar refractivity (Wildman–Crippen MR) is 102 cm³/mol. The lowest BCUT2D eigenvalue weighted by molar-refractivity contribution is -0.133. The highest BCUT2D eigenvalue weighted by Crippen LogP contribution is 2.20. The van der Waals surface area contributed by atoms with Crippen LogP contribution in [-0.4, -0.2) is 37.6 Å². The van der Waals surface area contributed by atoms with Gasteiger partial charge in [-0.15, -0.1) is 0 Å². The highest BCUT2D eigenvalue weighted by molar-refractivity contribution is 7.13. The first-order valence-corrected chi connectivity index (χ1v) is 9.73. The molecule has 7 heteroatoms. The highest BCUT2D eigenvalue weighted by Gasteiger charge is 2.24. The van der Waals surface area contributed by atoms with Gasteiger partial charge >= 0.3 is 0 Å². The van der Waals surface area contributed by atoms with Gasteiger partial charge in [0.2, 0.25) is 5.91 Å². The number of carbonyl (C=O) groups excluding carboxylic acids is 1. The number of hydrogen-bond acceptors (Lipinski definition) is 4. The molecule has 1 fully saturated rings. The van der Waals surface area contributed by atoms with Crippen LogP contribution in [0.15, 0.2) is 41.5 Å². The fourth-order valence-electron chi connectivity index (χ4n) is 3.54. The zero-order valence-electron chi connectivity index (χ0n) is 14.8. The van der Waals surface area contributed by atoms with Crippen molar-refractivity contribution < 1.29 is 4.79 Å². The maximum absolute atomic E-state index is 12.6. The van der Waals surface area contributed by atoms with Gasteiger partial charge in [0, 0.05) is 25.8 Å². The number of likely N-dealkylation sites (tertiary alicyclic amines) is 1. The molecule has 136 valence electrons. The number of piperidine rings is 1. The van der Waals surface area contributed by atoms with Crippen molar-refractivity contribution in [3.63, 3.8) is 0 Å². The van der Waals surface area contributed by atoms with E-state index in [-0.39, 0.29) is 18.0 Å². The van der Waals surface area contributed by atoms with Crippen LogP contribution < -0.4 is 5.56 Å². The van der Waals surface area contributed by atoms with Crippen LogP contribution in [0.3, 0.4) is 0 Å². The van der Waals surface area contributed by atoms with Crippen LogP contribution in [0.4, 0.5) is 0 Å². The number of rotatable bonds is 4. The Hall–Kier alpha value is -2.41. The third-order valence-electron chi connectivity index (χ3n) is 5.01. The van der Waals surface area contributed by atoms with E-state index in [1.165, 1.54) is 17.1 Å². The Morgan fingerprint density at radius 3 is 2.73 bits per heavy atom. The first-order chi connectivity index (χ1) is 12.6. The van der Waals surface area contributed by atoms with Gasteiger partial charge in [0.25, 0.3) is 5.56 Å². The van der Waals surface area contributed by atoms with Crippen molar-refractivity contribution in [2.75, 3.05) is 13.1 Å². The fraction of sp³-hybridized carbons (Fsp3) is 0.421. The lowest BCUT2D eigenvalue weighted by Gasteiger charge is -2.32. The minimum atomic E-state index is -0.0668. The molecule has 0 aliphatic carbocycles. The molecular weight excluding hydrogens is 348 g/mol. The summed E-state index contributed by atoms with van der Waals surface area (Å²) in [6, 6.07) is 7.51. The average molecular weight is 370 g/mol. The fourth-order valence-corrected chi connectivity index (χ4v) is 4.53. The molecule has 26 heavy (non-hydrogen) atoms. The molecule has 2 aromatic heterocycles. The molecule has 0 spiro atoms. The van der Waals surface area contributed by atoms with Crippen molar-refractivity contribution in [3.8, 4) is 0 Å². The number of hydrogen-bond donors (Lipinski definition) is 0. The maximum Gasteiger partial charge on any atom is 0.268 e. The number of fused-ring (bicyclic) bond motifs is 1. The quantitative estimate of drug-likeness (QED) is 0.709. The Balaban J connectivity index is 1.36. The summed E-state index contributed by atoms with van der Waals surface area (Å²) in [6.45, 7) is 4.60. The summed E-state index contributed by atoms with van der Waals surface area (Å²) in [7, 11) is 0. The third-order valence-corrected chi connectivity index (χ3v) is 6.07. The molecule has 6 nitrogen and oxygen atoms in total. The largest absolute Gasteiger partial charge is 0.341 e. The molecule has 0 bridgehead atoms. The summed E-state index contributed by atoms with van der Waals surface area (Å²) < 4.78 is 4.50. The maximum atomic E-state index is 12.6. The van der Waals surface area contributed by atoms with Gasteiger partial charge < -0.3 is 4.90 Å². The van der Waals surface area contributed by atoms with Gasteiger partial charge in [-0.2, -0.15) is 5.10 Å². The Labute approximate surface area is 155 Å². The summed E-state index contributed by atoms with van der Waals surface area (Å²) in [5, 5.41) is 5.04. The molecule has 1 aliphatic heterocycles. The van der Waals surface area contributed by atoms with Crippen LogP contribution in [0.2, 0.25) is 0 Å². The summed E-state index contributed by atoms with van der Waals surface area (Å²) in [5.41, 5.74) is 1.11. The van der Waals surface area contributed by atoms with Gasteiger partial charge in [0.15, 0.2) is 0 Å². The topological polar surface area (TPSA) is 60.1 Å². The van der Waals surface area contributed by atoms with Gasteiger partial charge in [-0.1, -0.05) is 23.7 Å². The third kappa shape index (κ3) is 3.44. The second-order valence-corrected chi connectivity index (χ2v) is 8.06. The predicted octanol–water partition coefficient (Wildman–Crippen LogP) is 2.51. The van der Waals surface area contributed by atoms with Gasteiger partial charge in [-0.05, 0) is 43.4 Å². The molecule has 1 amide bonds. The number of nitrogens with zero attached hydrogens (tertiary/aromatic N) is 4. The lowest BCUT2D eigenvalue weighted by Crippen LogP contribution is -2.41.